The van der Waals surface area contributed by atoms with Crippen LogP contribution in [0.3, 0.4) is 0 Å². The van der Waals surface area contributed by atoms with Crippen molar-refractivity contribution in [2.75, 3.05) is 50.5 Å². The molecule has 4 rings (SSSR count). The van der Waals surface area contributed by atoms with Crippen LogP contribution in [0.25, 0.3) is 0 Å². The van der Waals surface area contributed by atoms with Gasteiger partial charge in [-0.25, -0.2) is 9.59 Å². The number of aryl methyl sites for hydroxylation is 2. The number of hydrogen-bond acceptors (Lipinski definition) is 6. The molecule has 2 heterocycles. The lowest BCUT2D eigenvalue weighted by atomic mass is 9.95. The van der Waals surface area contributed by atoms with Crippen LogP contribution in [0.1, 0.15) is 29.7 Å². The second-order valence-electron chi connectivity index (χ2n) is 8.97. The molecule has 0 radical (unpaired) electrons. The number of hydrogen-bond donors (Lipinski definition) is 2. The van der Waals surface area contributed by atoms with Gasteiger partial charge in [-0.1, -0.05) is 24.3 Å². The quantitative estimate of drug-likeness (QED) is 0.448. The maximum atomic E-state index is 13.1. The van der Waals surface area contributed by atoms with Gasteiger partial charge < -0.3 is 20.3 Å². The maximum absolute atomic E-state index is 13.1. The minimum absolute atomic E-state index is 0.274. The number of nitrogens with zero attached hydrogens (tertiary/aromatic N) is 2. The zero-order chi connectivity index (χ0) is 24.9. The molecule has 2 amide bonds. The number of carbonyl (C=O) groups excluding carboxylic acids is 2. The molecule has 2 aliphatic heterocycles. The van der Waals surface area contributed by atoms with Gasteiger partial charge in [-0.2, -0.15) is 0 Å². The third kappa shape index (κ3) is 5.82. The third-order valence-electron chi connectivity index (χ3n) is 6.56. The normalized spacial score (nSPS) is 18.8. The molecule has 0 saturated carbocycles. The van der Waals surface area contributed by atoms with Crippen molar-refractivity contribution >= 4 is 29.4 Å². The van der Waals surface area contributed by atoms with Crippen LogP contribution in [0.2, 0.25) is 0 Å². The lowest BCUT2D eigenvalue weighted by molar-refractivity contribution is -0.139. The number of carbonyl (C=O) groups is 2. The van der Waals surface area contributed by atoms with Crippen molar-refractivity contribution in [3.05, 3.63) is 70.4 Å². The molecule has 0 aliphatic carbocycles. The number of amides is 2. The molecule has 2 aromatic rings. The summed E-state index contributed by atoms with van der Waals surface area (Å²) >= 11 is 1.65. The fraction of sp³-hybridized carbons (Fsp3) is 0.407. The number of anilines is 1. The summed E-state index contributed by atoms with van der Waals surface area (Å²) in [5.41, 5.74) is 5.76. The molecule has 2 aliphatic rings. The second kappa shape index (κ2) is 11.2. The van der Waals surface area contributed by atoms with Crippen molar-refractivity contribution < 1.29 is 14.3 Å². The minimum atomic E-state index is -0.551. The van der Waals surface area contributed by atoms with Crippen molar-refractivity contribution in [2.24, 2.45) is 0 Å². The van der Waals surface area contributed by atoms with Crippen LogP contribution >= 0.6 is 11.8 Å². The van der Waals surface area contributed by atoms with Gasteiger partial charge in [-0.05, 0) is 61.9 Å². The first kappa shape index (κ1) is 25.1. The van der Waals surface area contributed by atoms with Crippen LogP contribution in [-0.4, -0.2) is 62.5 Å². The van der Waals surface area contributed by atoms with Crippen LogP contribution in [-0.2, 0) is 9.53 Å². The lowest BCUT2D eigenvalue weighted by Crippen LogP contribution is -2.52. The van der Waals surface area contributed by atoms with Gasteiger partial charge in [0.05, 0.1) is 18.2 Å². The Morgan fingerprint density at radius 2 is 1.80 bits per heavy atom. The molecule has 186 valence electrons. The molecule has 0 spiro atoms. The van der Waals surface area contributed by atoms with Crippen molar-refractivity contribution in [3.8, 4) is 0 Å². The Morgan fingerprint density at radius 3 is 2.46 bits per heavy atom. The van der Waals surface area contributed by atoms with Gasteiger partial charge >= 0.3 is 12.0 Å². The molecule has 0 bridgehead atoms. The molecule has 0 aromatic heterocycles. The Labute approximate surface area is 211 Å². The summed E-state index contributed by atoms with van der Waals surface area (Å²) in [6, 6.07) is 13.6. The second-order valence-corrected chi connectivity index (χ2v) is 9.85. The van der Waals surface area contributed by atoms with Crippen molar-refractivity contribution in [1.29, 1.82) is 0 Å². The van der Waals surface area contributed by atoms with Crippen molar-refractivity contribution in [1.82, 2.24) is 15.5 Å². The SMILES string of the molecule is CCOC(=O)C1=C(CN2CCN(c3cc(C)ccc3C)CC2)NC(=O)NC1c1ccc(SC)cc1. The smallest absolute Gasteiger partial charge is 0.338 e. The third-order valence-corrected chi connectivity index (χ3v) is 7.30. The summed E-state index contributed by atoms with van der Waals surface area (Å²) in [5, 5.41) is 5.83. The molecule has 1 saturated heterocycles. The molecular formula is C27H34N4O3S. The van der Waals surface area contributed by atoms with E-state index < -0.39 is 12.0 Å². The van der Waals surface area contributed by atoms with E-state index in [1.165, 1.54) is 16.8 Å². The number of nitrogens with one attached hydrogen (secondary N) is 2. The first-order valence-corrected chi connectivity index (χ1v) is 13.3. The van der Waals surface area contributed by atoms with Gasteiger partial charge in [-0.15, -0.1) is 11.8 Å². The molecule has 7 nitrogen and oxygen atoms in total. The van der Waals surface area contributed by atoms with E-state index >= 15 is 0 Å². The number of thioether (sulfide) groups is 1. The molecule has 35 heavy (non-hydrogen) atoms. The number of rotatable bonds is 7. The maximum Gasteiger partial charge on any atom is 0.338 e. The average Bonchev–Trinajstić information content (AvgIpc) is 2.86. The molecule has 8 heteroatoms. The van der Waals surface area contributed by atoms with Gasteiger partial charge in [0.1, 0.15) is 0 Å². The fourth-order valence-electron chi connectivity index (χ4n) is 4.67. The Hall–Kier alpha value is -2.97. The Bertz CT molecular complexity index is 1110. The molecule has 1 unspecified atom stereocenters. The van der Waals surface area contributed by atoms with Gasteiger partial charge in [-0.3, -0.25) is 4.90 Å². The van der Waals surface area contributed by atoms with E-state index in [-0.39, 0.29) is 12.6 Å². The first-order chi connectivity index (χ1) is 16.9. The van der Waals surface area contributed by atoms with E-state index in [2.05, 4.69) is 52.5 Å². The Kier molecular flexibility index (Phi) is 8.03. The Morgan fingerprint density at radius 1 is 1.09 bits per heavy atom. The van der Waals surface area contributed by atoms with E-state index in [4.69, 9.17) is 4.74 Å². The topological polar surface area (TPSA) is 73.9 Å². The highest BCUT2D eigenvalue weighted by molar-refractivity contribution is 7.98. The predicted molar refractivity (Wildman–Crippen MR) is 141 cm³/mol. The van der Waals surface area contributed by atoms with Gasteiger partial charge in [0, 0.05) is 49.0 Å². The largest absolute Gasteiger partial charge is 0.463 e. The molecule has 2 aromatic carbocycles. The summed E-state index contributed by atoms with van der Waals surface area (Å²) < 4.78 is 5.41. The minimum Gasteiger partial charge on any atom is -0.463 e. The average molecular weight is 495 g/mol. The van der Waals surface area contributed by atoms with Gasteiger partial charge in [0.2, 0.25) is 0 Å². The van der Waals surface area contributed by atoms with Crippen LogP contribution in [0, 0.1) is 13.8 Å². The Balaban J connectivity index is 1.56. The number of piperazine rings is 1. The highest BCUT2D eigenvalue weighted by Crippen LogP contribution is 2.30. The summed E-state index contributed by atoms with van der Waals surface area (Å²) in [7, 11) is 0. The molecule has 2 N–H and O–H groups in total. The zero-order valence-electron chi connectivity index (χ0n) is 20.9. The van der Waals surface area contributed by atoms with E-state index in [0.29, 0.717) is 17.8 Å². The van der Waals surface area contributed by atoms with Crippen molar-refractivity contribution in [2.45, 2.75) is 31.7 Å². The van der Waals surface area contributed by atoms with E-state index in [1.54, 1.807) is 18.7 Å². The monoisotopic (exact) mass is 494 g/mol. The highest BCUT2D eigenvalue weighted by atomic mass is 32.2. The van der Waals surface area contributed by atoms with Crippen LogP contribution < -0.4 is 15.5 Å². The fourth-order valence-corrected chi connectivity index (χ4v) is 5.08. The predicted octanol–water partition coefficient (Wildman–Crippen LogP) is 4.02. The first-order valence-electron chi connectivity index (χ1n) is 12.1. The number of benzene rings is 2. The lowest BCUT2D eigenvalue weighted by Gasteiger charge is -2.38. The highest BCUT2D eigenvalue weighted by Gasteiger charge is 2.34. The summed E-state index contributed by atoms with van der Waals surface area (Å²) in [4.78, 5) is 31.5. The summed E-state index contributed by atoms with van der Waals surface area (Å²) in [6.45, 7) is 10.3. The van der Waals surface area contributed by atoms with E-state index in [1.807, 2.05) is 30.5 Å². The van der Waals surface area contributed by atoms with Crippen LogP contribution in [0.15, 0.2) is 58.6 Å². The molecule has 1 atom stereocenters. The van der Waals surface area contributed by atoms with E-state index in [9.17, 15) is 9.59 Å². The van der Waals surface area contributed by atoms with Crippen molar-refractivity contribution in [3.63, 3.8) is 0 Å². The van der Waals surface area contributed by atoms with Gasteiger partial charge in [0.25, 0.3) is 0 Å². The number of ether oxygens (including phenoxy) is 1. The molecule has 1 fully saturated rings. The number of urea groups is 1. The van der Waals surface area contributed by atoms with Crippen LogP contribution in [0.5, 0.6) is 0 Å². The van der Waals surface area contributed by atoms with E-state index in [0.717, 1.165) is 36.6 Å². The summed E-state index contributed by atoms with van der Waals surface area (Å²) in [6.07, 6.45) is 2.02. The van der Waals surface area contributed by atoms with Gasteiger partial charge in [0.15, 0.2) is 0 Å². The van der Waals surface area contributed by atoms with Crippen LogP contribution in [0.4, 0.5) is 10.5 Å². The summed E-state index contributed by atoms with van der Waals surface area (Å²) in [5.74, 6) is -0.400. The standard InChI is InChI=1S/C27H34N4O3S/c1-5-34-26(32)24-22(28-27(33)29-25(24)20-8-10-21(35-4)11-9-20)17-30-12-14-31(15-13-30)23-16-18(2)6-7-19(23)3/h6-11,16,25H,5,12-15,17H2,1-4H3,(H2,28,29,33). The number of esters is 1. The molecular weight excluding hydrogens is 460 g/mol. The zero-order valence-corrected chi connectivity index (χ0v) is 21.7.